The van der Waals surface area contributed by atoms with E-state index in [2.05, 4.69) is 10.2 Å². The molecule has 0 saturated heterocycles. The summed E-state index contributed by atoms with van der Waals surface area (Å²) in [6.45, 7) is 0.680. The maximum atomic E-state index is 13.8. The van der Waals surface area contributed by atoms with E-state index in [1.807, 2.05) is 10.9 Å². The average Bonchev–Trinajstić information content (AvgIpc) is 3.38. The molecule has 2 aromatic carbocycles. The molecule has 4 aliphatic rings. The minimum absolute atomic E-state index is 0.0701. The molecule has 2 bridgehead atoms. The van der Waals surface area contributed by atoms with Gasteiger partial charge >= 0.3 is 0 Å². The van der Waals surface area contributed by atoms with Crippen LogP contribution in [-0.2, 0) is 11.3 Å². The number of carbonyl (C=O) groups excluding carboxylic acids is 1. The number of aromatic nitrogens is 2. The first kappa shape index (κ1) is 20.4. The molecule has 3 aromatic rings. The van der Waals surface area contributed by atoms with E-state index in [1.165, 1.54) is 29.3 Å². The number of nitrogens with zero attached hydrogens (tertiary/aromatic N) is 4. The van der Waals surface area contributed by atoms with Crippen LogP contribution >= 0.6 is 0 Å². The van der Waals surface area contributed by atoms with Crippen LogP contribution in [0.2, 0.25) is 0 Å². The average molecular weight is 452 g/mol. The maximum Gasteiger partial charge on any atom is 0.246 e. The minimum atomic E-state index is -0.657. The molecule has 3 aliphatic carbocycles. The van der Waals surface area contributed by atoms with Gasteiger partial charge in [-0.3, -0.25) is 9.48 Å². The smallest absolute Gasteiger partial charge is 0.246 e. The summed E-state index contributed by atoms with van der Waals surface area (Å²) in [5, 5.41) is 11.1. The Morgan fingerprint density at radius 2 is 1.76 bits per heavy atom. The Morgan fingerprint density at radius 1 is 0.970 bits per heavy atom. The third-order valence-corrected chi connectivity index (χ3v) is 7.58. The molecule has 1 aliphatic heterocycles. The number of carbonyl (C=O) groups is 1. The normalized spacial score (nSPS) is 28.3. The van der Waals surface area contributed by atoms with E-state index in [0.717, 1.165) is 30.7 Å². The van der Waals surface area contributed by atoms with Crippen molar-refractivity contribution >= 4 is 23.0 Å². The van der Waals surface area contributed by atoms with Gasteiger partial charge in [-0.25, -0.2) is 18.2 Å². The van der Waals surface area contributed by atoms with Crippen LogP contribution < -0.4 is 0 Å². The quantitative estimate of drug-likeness (QED) is 0.555. The van der Waals surface area contributed by atoms with E-state index in [9.17, 15) is 18.0 Å². The zero-order valence-corrected chi connectivity index (χ0v) is 17.9. The van der Waals surface area contributed by atoms with Crippen molar-refractivity contribution in [3.8, 4) is 0 Å². The molecular formula is C25H23F3N4O. The monoisotopic (exact) mass is 452 g/mol. The van der Waals surface area contributed by atoms with Crippen molar-refractivity contribution in [3.63, 3.8) is 0 Å². The fraction of sp³-hybridized carbons (Fsp3) is 0.400. The topological polar surface area (TPSA) is 50.5 Å². The third kappa shape index (κ3) is 3.61. The molecule has 1 amide bonds. The first-order chi connectivity index (χ1) is 15.9. The molecule has 0 radical (unpaired) electrons. The van der Waals surface area contributed by atoms with Gasteiger partial charge in [0.1, 0.15) is 17.5 Å². The van der Waals surface area contributed by atoms with Gasteiger partial charge in [0.2, 0.25) is 5.91 Å². The summed E-state index contributed by atoms with van der Waals surface area (Å²) in [5.41, 5.74) is 1.05. The van der Waals surface area contributed by atoms with Crippen molar-refractivity contribution in [2.24, 2.45) is 28.8 Å². The number of benzene rings is 2. The lowest BCUT2D eigenvalue weighted by atomic mass is 9.55. The Morgan fingerprint density at radius 3 is 2.55 bits per heavy atom. The zero-order valence-electron chi connectivity index (χ0n) is 17.9. The zero-order chi connectivity index (χ0) is 22.7. The van der Waals surface area contributed by atoms with E-state index in [1.54, 1.807) is 12.3 Å². The van der Waals surface area contributed by atoms with Gasteiger partial charge < -0.3 is 0 Å². The summed E-state index contributed by atoms with van der Waals surface area (Å²) in [5.74, 6) is -0.691. The van der Waals surface area contributed by atoms with Crippen LogP contribution in [-0.4, -0.2) is 26.9 Å². The van der Waals surface area contributed by atoms with Crippen LogP contribution in [0, 0.1) is 41.1 Å². The molecule has 33 heavy (non-hydrogen) atoms. The van der Waals surface area contributed by atoms with Crippen LogP contribution in [0.5, 0.6) is 0 Å². The third-order valence-electron chi connectivity index (χ3n) is 7.58. The number of halogens is 3. The molecule has 0 N–H and O–H groups in total. The standard InChI is InChI=1S/C25H23F3N4O/c26-19-2-1-14-12-31(30-23(14)11-19)13-18-9-22(16-5-15(18)6-16)25(33)32-24(3-4-29-32)17-7-20(27)10-21(28)8-17/h1-2,4,7-8,10-12,15-16,18,22,24H,3,5-6,9,13H2/t15?,16?,18-,22-,24?/m0/s1. The molecule has 3 saturated carbocycles. The molecule has 7 rings (SSSR count). The first-order valence-electron chi connectivity index (χ1n) is 11.4. The van der Waals surface area contributed by atoms with Crippen LogP contribution in [0.3, 0.4) is 0 Å². The van der Waals surface area contributed by atoms with Crippen molar-refractivity contribution in [2.45, 2.75) is 38.3 Å². The lowest BCUT2D eigenvalue weighted by molar-refractivity contribution is -0.147. The van der Waals surface area contributed by atoms with Gasteiger partial charge in [-0.1, -0.05) is 0 Å². The van der Waals surface area contributed by atoms with Crippen LogP contribution in [0.25, 0.3) is 10.9 Å². The lowest BCUT2D eigenvalue weighted by Crippen LogP contribution is -2.49. The number of rotatable bonds is 4. The molecule has 3 atom stereocenters. The Labute approximate surface area is 188 Å². The van der Waals surface area contributed by atoms with Crippen LogP contribution in [0.4, 0.5) is 13.2 Å². The first-order valence-corrected chi connectivity index (χ1v) is 11.4. The van der Waals surface area contributed by atoms with Crippen molar-refractivity contribution in [3.05, 3.63) is 65.6 Å². The van der Waals surface area contributed by atoms with Crippen molar-refractivity contribution in [2.75, 3.05) is 0 Å². The molecule has 8 heteroatoms. The van der Waals surface area contributed by atoms with Crippen molar-refractivity contribution in [1.29, 1.82) is 0 Å². The predicted molar refractivity (Wildman–Crippen MR) is 117 cm³/mol. The van der Waals surface area contributed by atoms with Gasteiger partial charge in [0, 0.05) is 48.8 Å². The highest BCUT2D eigenvalue weighted by Crippen LogP contribution is 2.53. The predicted octanol–water partition coefficient (Wildman–Crippen LogP) is 5.08. The van der Waals surface area contributed by atoms with Gasteiger partial charge in [0.05, 0.1) is 11.6 Å². The summed E-state index contributed by atoms with van der Waals surface area (Å²) in [4.78, 5) is 13.5. The number of hydrazone groups is 1. The Hall–Kier alpha value is -3.16. The molecule has 2 heterocycles. The molecule has 1 unspecified atom stereocenters. The van der Waals surface area contributed by atoms with Gasteiger partial charge in [0.25, 0.3) is 0 Å². The summed E-state index contributed by atoms with van der Waals surface area (Å²) < 4.78 is 42.9. The number of hydrogen-bond donors (Lipinski definition) is 0. The molecule has 170 valence electrons. The number of hydrogen-bond acceptors (Lipinski definition) is 3. The highest BCUT2D eigenvalue weighted by Gasteiger charge is 2.50. The van der Waals surface area contributed by atoms with Gasteiger partial charge in [-0.2, -0.15) is 10.2 Å². The molecule has 5 nitrogen and oxygen atoms in total. The van der Waals surface area contributed by atoms with Gasteiger partial charge in [-0.15, -0.1) is 0 Å². The van der Waals surface area contributed by atoms with Crippen molar-refractivity contribution in [1.82, 2.24) is 14.8 Å². The van der Waals surface area contributed by atoms with Gasteiger partial charge in [0.15, 0.2) is 0 Å². The lowest BCUT2D eigenvalue weighted by Gasteiger charge is -2.51. The minimum Gasteiger partial charge on any atom is -0.273 e. The van der Waals surface area contributed by atoms with Crippen LogP contribution in [0.1, 0.15) is 37.3 Å². The molecule has 1 aromatic heterocycles. The van der Waals surface area contributed by atoms with E-state index in [-0.39, 0.29) is 17.6 Å². The Balaban J connectivity index is 1.20. The maximum absolute atomic E-state index is 13.8. The highest BCUT2D eigenvalue weighted by atomic mass is 19.1. The second kappa shape index (κ2) is 7.71. The summed E-state index contributed by atoms with van der Waals surface area (Å²) in [6, 6.07) is 7.48. The highest BCUT2D eigenvalue weighted by molar-refractivity contribution is 5.82. The van der Waals surface area contributed by atoms with E-state index < -0.39 is 17.7 Å². The van der Waals surface area contributed by atoms with E-state index >= 15 is 0 Å². The second-order valence-electron chi connectivity index (χ2n) is 9.58. The summed E-state index contributed by atoms with van der Waals surface area (Å²) >= 11 is 0. The molecular weight excluding hydrogens is 429 g/mol. The second-order valence-corrected chi connectivity index (χ2v) is 9.58. The van der Waals surface area contributed by atoms with Crippen LogP contribution in [0.15, 0.2) is 47.7 Å². The fourth-order valence-electron chi connectivity index (χ4n) is 5.87. The fourth-order valence-corrected chi connectivity index (χ4v) is 5.87. The molecule has 3 fully saturated rings. The summed E-state index contributed by atoms with van der Waals surface area (Å²) in [7, 11) is 0. The molecule has 0 spiro atoms. The SMILES string of the molecule is O=C([C@H]1C[C@@H](Cn2cc3ccc(F)cc3n2)C2CC1C2)N1N=CCC1c1cc(F)cc(F)c1. The summed E-state index contributed by atoms with van der Waals surface area (Å²) in [6.07, 6.45) is 6.73. The Bertz CT molecular complexity index is 1250. The van der Waals surface area contributed by atoms with Gasteiger partial charge in [-0.05, 0) is 66.8 Å². The number of amides is 1. The number of fused-ring (bicyclic) bond motifs is 3. The Kier molecular flexibility index (Phi) is 4.78. The van der Waals surface area contributed by atoms with E-state index in [4.69, 9.17) is 0 Å². The largest absolute Gasteiger partial charge is 0.273 e. The van der Waals surface area contributed by atoms with Crippen molar-refractivity contribution < 1.29 is 18.0 Å². The van der Waals surface area contributed by atoms with E-state index in [0.29, 0.717) is 41.8 Å².